The number of hydrogen-bond acceptors (Lipinski definition) is 7. The number of anilines is 1. The average molecular weight is 440 g/mol. The number of nitro benzene ring substituents is 1. The van der Waals surface area contributed by atoms with E-state index in [4.69, 9.17) is 4.74 Å². The third-order valence-electron chi connectivity index (χ3n) is 5.39. The number of rotatable bonds is 7. The molecule has 0 bridgehead atoms. The molecule has 32 heavy (non-hydrogen) atoms. The molecule has 0 spiro atoms. The first-order chi connectivity index (χ1) is 15.4. The van der Waals surface area contributed by atoms with Crippen LogP contribution >= 0.6 is 0 Å². The van der Waals surface area contributed by atoms with E-state index in [1.54, 1.807) is 0 Å². The molecular formula is C22H21FN4O5. The van der Waals surface area contributed by atoms with Crippen molar-refractivity contribution in [1.82, 2.24) is 9.80 Å². The fourth-order valence-electron chi connectivity index (χ4n) is 3.66. The second-order valence-electron chi connectivity index (χ2n) is 7.40. The summed E-state index contributed by atoms with van der Waals surface area (Å²) in [6.07, 6.45) is 0. The molecule has 166 valence electrons. The monoisotopic (exact) mass is 440 g/mol. The number of halogens is 1. The number of carbonyl (C=O) groups excluding carboxylic acids is 2. The molecule has 1 N–H and O–H groups in total. The van der Waals surface area contributed by atoms with Gasteiger partial charge in [0.25, 0.3) is 17.5 Å². The molecule has 2 aliphatic rings. The largest absolute Gasteiger partial charge is 0.379 e. The minimum Gasteiger partial charge on any atom is -0.379 e. The first-order valence-corrected chi connectivity index (χ1v) is 10.1. The van der Waals surface area contributed by atoms with E-state index in [0.29, 0.717) is 31.0 Å². The SMILES string of the molecule is O=C1C(Nc2ccc(F)cc2)=C(c2ccc([N+](=O)[O-])cc2)C(=O)N1CCN1CCOCC1. The third kappa shape index (κ3) is 4.51. The van der Waals surface area contributed by atoms with Crippen LogP contribution in [0, 0.1) is 15.9 Å². The maximum atomic E-state index is 13.3. The normalized spacial score (nSPS) is 17.2. The van der Waals surface area contributed by atoms with E-state index in [1.165, 1.54) is 48.5 Å². The lowest BCUT2D eigenvalue weighted by molar-refractivity contribution is -0.384. The number of amides is 2. The molecule has 2 heterocycles. The zero-order valence-electron chi connectivity index (χ0n) is 17.1. The van der Waals surface area contributed by atoms with Crippen molar-refractivity contribution in [3.05, 3.63) is 75.7 Å². The summed E-state index contributed by atoms with van der Waals surface area (Å²) in [5.74, 6) is -1.41. The van der Waals surface area contributed by atoms with Crippen LogP contribution in [0.5, 0.6) is 0 Å². The number of nitrogens with one attached hydrogen (secondary N) is 1. The first kappa shape index (κ1) is 21.6. The van der Waals surface area contributed by atoms with Crippen LogP contribution in [-0.4, -0.2) is 65.9 Å². The molecule has 1 fully saturated rings. The van der Waals surface area contributed by atoms with Gasteiger partial charge in [0.05, 0.1) is 23.7 Å². The fraction of sp³-hybridized carbons (Fsp3) is 0.273. The van der Waals surface area contributed by atoms with Crippen molar-refractivity contribution >= 4 is 28.8 Å². The molecule has 2 aromatic carbocycles. The van der Waals surface area contributed by atoms with Crippen LogP contribution in [0.25, 0.3) is 5.57 Å². The number of carbonyl (C=O) groups is 2. The van der Waals surface area contributed by atoms with Crippen molar-refractivity contribution in [3.63, 3.8) is 0 Å². The van der Waals surface area contributed by atoms with Crippen molar-refractivity contribution in [1.29, 1.82) is 0 Å². The molecule has 0 saturated carbocycles. The number of ether oxygens (including phenoxy) is 1. The van der Waals surface area contributed by atoms with Crippen molar-refractivity contribution in [2.24, 2.45) is 0 Å². The van der Waals surface area contributed by atoms with E-state index < -0.39 is 22.6 Å². The molecule has 2 aliphatic heterocycles. The molecule has 2 aromatic rings. The van der Waals surface area contributed by atoms with Crippen LogP contribution in [0.3, 0.4) is 0 Å². The van der Waals surface area contributed by atoms with Crippen molar-refractivity contribution < 1.29 is 23.6 Å². The summed E-state index contributed by atoms with van der Waals surface area (Å²) >= 11 is 0. The summed E-state index contributed by atoms with van der Waals surface area (Å²) in [4.78, 5) is 40.1. The molecule has 0 unspecified atom stereocenters. The molecule has 0 atom stereocenters. The second-order valence-corrected chi connectivity index (χ2v) is 7.40. The van der Waals surface area contributed by atoms with Gasteiger partial charge < -0.3 is 10.1 Å². The van der Waals surface area contributed by atoms with Crippen LogP contribution in [-0.2, 0) is 14.3 Å². The Bertz CT molecular complexity index is 1060. The minimum absolute atomic E-state index is 0.0532. The van der Waals surface area contributed by atoms with Gasteiger partial charge in [0, 0.05) is 44.0 Å². The van der Waals surface area contributed by atoms with Gasteiger partial charge in [0.2, 0.25) is 0 Å². The molecular weight excluding hydrogens is 419 g/mol. The van der Waals surface area contributed by atoms with Gasteiger partial charge >= 0.3 is 0 Å². The smallest absolute Gasteiger partial charge is 0.278 e. The van der Waals surface area contributed by atoms with Crippen LogP contribution in [0.4, 0.5) is 15.8 Å². The van der Waals surface area contributed by atoms with Crippen molar-refractivity contribution in [3.8, 4) is 0 Å². The Morgan fingerprint density at radius 2 is 1.62 bits per heavy atom. The van der Waals surface area contributed by atoms with Gasteiger partial charge in [-0.15, -0.1) is 0 Å². The van der Waals surface area contributed by atoms with Gasteiger partial charge in [-0.2, -0.15) is 0 Å². The number of nitrogens with zero attached hydrogens (tertiary/aromatic N) is 3. The number of imide groups is 1. The van der Waals surface area contributed by atoms with Crippen LogP contribution < -0.4 is 5.32 Å². The summed E-state index contributed by atoms with van der Waals surface area (Å²) < 4.78 is 18.6. The van der Waals surface area contributed by atoms with E-state index >= 15 is 0 Å². The standard InChI is InChI=1S/C22H21FN4O5/c23-16-3-5-17(6-4-16)24-20-19(15-1-7-18(8-2-15)27(30)31)21(28)26(22(20)29)10-9-25-11-13-32-14-12-25/h1-8,24H,9-14H2. The molecule has 1 saturated heterocycles. The van der Waals surface area contributed by atoms with E-state index in [1.807, 2.05) is 0 Å². The minimum atomic E-state index is -0.536. The molecule has 0 radical (unpaired) electrons. The number of morpholine rings is 1. The van der Waals surface area contributed by atoms with E-state index in [2.05, 4.69) is 10.2 Å². The van der Waals surface area contributed by atoms with E-state index in [0.717, 1.165) is 18.0 Å². The maximum absolute atomic E-state index is 13.3. The Morgan fingerprint density at radius 1 is 0.969 bits per heavy atom. The Hall–Kier alpha value is -3.63. The number of nitro groups is 1. The van der Waals surface area contributed by atoms with Gasteiger partial charge in [-0.25, -0.2) is 4.39 Å². The van der Waals surface area contributed by atoms with Crippen molar-refractivity contribution in [2.45, 2.75) is 0 Å². The highest BCUT2D eigenvalue weighted by Gasteiger charge is 2.39. The summed E-state index contributed by atoms with van der Waals surface area (Å²) in [6, 6.07) is 10.9. The lowest BCUT2D eigenvalue weighted by atomic mass is 10.0. The Balaban J connectivity index is 1.63. The molecule has 9 nitrogen and oxygen atoms in total. The number of benzene rings is 2. The van der Waals surface area contributed by atoms with Crippen molar-refractivity contribution in [2.75, 3.05) is 44.7 Å². The molecule has 4 rings (SSSR count). The highest BCUT2D eigenvalue weighted by atomic mass is 19.1. The average Bonchev–Trinajstić information content (AvgIpc) is 3.03. The Morgan fingerprint density at radius 3 is 2.25 bits per heavy atom. The zero-order chi connectivity index (χ0) is 22.7. The van der Waals surface area contributed by atoms with Gasteiger partial charge in [0.1, 0.15) is 11.5 Å². The summed E-state index contributed by atoms with van der Waals surface area (Å²) in [5.41, 5.74) is 0.876. The van der Waals surface area contributed by atoms with Gasteiger partial charge in [-0.05, 0) is 42.0 Å². The van der Waals surface area contributed by atoms with Crippen LogP contribution in [0.2, 0.25) is 0 Å². The summed E-state index contributed by atoms with van der Waals surface area (Å²) in [5, 5.41) is 13.9. The topological polar surface area (TPSA) is 105 Å². The molecule has 0 aromatic heterocycles. The second kappa shape index (κ2) is 9.25. The fourth-order valence-corrected chi connectivity index (χ4v) is 3.66. The van der Waals surface area contributed by atoms with Gasteiger partial charge in [0.15, 0.2) is 0 Å². The van der Waals surface area contributed by atoms with Gasteiger partial charge in [-0.3, -0.25) is 29.5 Å². The van der Waals surface area contributed by atoms with Gasteiger partial charge in [-0.1, -0.05) is 0 Å². The highest BCUT2D eigenvalue weighted by molar-refractivity contribution is 6.36. The lowest BCUT2D eigenvalue weighted by Crippen LogP contribution is -2.43. The third-order valence-corrected chi connectivity index (χ3v) is 5.39. The van der Waals surface area contributed by atoms with E-state index in [-0.39, 0.29) is 23.5 Å². The molecule has 10 heteroatoms. The Kier molecular flexibility index (Phi) is 6.24. The van der Waals surface area contributed by atoms with Crippen LogP contribution in [0.15, 0.2) is 54.2 Å². The Labute approximate surface area is 183 Å². The van der Waals surface area contributed by atoms with Crippen LogP contribution in [0.1, 0.15) is 5.56 Å². The summed E-state index contributed by atoms with van der Waals surface area (Å²) in [6.45, 7) is 3.36. The maximum Gasteiger partial charge on any atom is 0.278 e. The lowest BCUT2D eigenvalue weighted by Gasteiger charge is -2.28. The predicted octanol–water partition coefficient (Wildman–Crippen LogP) is 2.26. The van der Waals surface area contributed by atoms with E-state index in [9.17, 15) is 24.1 Å². The highest BCUT2D eigenvalue weighted by Crippen LogP contribution is 2.31. The molecule has 2 amide bonds. The predicted molar refractivity (Wildman–Crippen MR) is 114 cm³/mol. The molecule has 0 aliphatic carbocycles. The first-order valence-electron chi connectivity index (χ1n) is 10.1. The quantitative estimate of drug-likeness (QED) is 0.400. The summed E-state index contributed by atoms with van der Waals surface area (Å²) in [7, 11) is 0. The zero-order valence-corrected chi connectivity index (χ0v) is 17.1. The number of hydrogen-bond donors (Lipinski definition) is 1. The number of non-ortho nitro benzene ring substituents is 1.